The lowest BCUT2D eigenvalue weighted by Gasteiger charge is -2.32. The maximum atomic E-state index is 11.4. The Morgan fingerprint density at radius 2 is 2.14 bits per heavy atom. The highest BCUT2D eigenvalue weighted by Crippen LogP contribution is 2.27. The fraction of sp³-hybridized carbons (Fsp3) is 0.571. The normalized spacial score (nSPS) is 23.5. The van der Waals surface area contributed by atoms with Gasteiger partial charge < -0.3 is 14.7 Å². The molecule has 0 spiro atoms. The monoisotopic (exact) mass is 355 g/mol. The van der Waals surface area contributed by atoms with Crippen LogP contribution in [0.5, 0.6) is 0 Å². The molecule has 0 amide bonds. The molecule has 0 bridgehead atoms. The SMILES string of the molecule is O=C(O)c1cc(Br)cnc1N1CCC(N2CCOCC2)C1. The van der Waals surface area contributed by atoms with Crippen LogP contribution in [0.4, 0.5) is 5.82 Å². The number of carbonyl (C=O) groups is 1. The van der Waals surface area contributed by atoms with E-state index in [1.54, 1.807) is 12.3 Å². The summed E-state index contributed by atoms with van der Waals surface area (Å²) in [5.41, 5.74) is 0.256. The van der Waals surface area contributed by atoms with Crippen LogP contribution in [-0.4, -0.2) is 66.4 Å². The largest absolute Gasteiger partial charge is 0.478 e. The molecule has 3 rings (SSSR count). The van der Waals surface area contributed by atoms with Crippen LogP contribution in [0.3, 0.4) is 0 Å². The summed E-state index contributed by atoms with van der Waals surface area (Å²) in [6.45, 7) is 5.16. The van der Waals surface area contributed by atoms with Gasteiger partial charge in [-0.2, -0.15) is 0 Å². The van der Waals surface area contributed by atoms with Crippen molar-refractivity contribution in [1.29, 1.82) is 0 Å². The molecule has 0 aliphatic carbocycles. The zero-order chi connectivity index (χ0) is 14.8. The van der Waals surface area contributed by atoms with Crippen molar-refractivity contribution in [2.75, 3.05) is 44.3 Å². The average molecular weight is 356 g/mol. The Bertz CT molecular complexity index is 534. The third kappa shape index (κ3) is 3.20. The highest BCUT2D eigenvalue weighted by Gasteiger charge is 2.31. The van der Waals surface area contributed by atoms with Crippen molar-refractivity contribution < 1.29 is 14.6 Å². The molecule has 0 aromatic carbocycles. The van der Waals surface area contributed by atoms with Crippen LogP contribution in [0.2, 0.25) is 0 Å². The maximum Gasteiger partial charge on any atom is 0.339 e. The van der Waals surface area contributed by atoms with Crippen molar-refractivity contribution in [3.8, 4) is 0 Å². The summed E-state index contributed by atoms with van der Waals surface area (Å²) in [6.07, 6.45) is 2.70. The molecule has 2 fully saturated rings. The Balaban J connectivity index is 1.75. The van der Waals surface area contributed by atoms with Crippen LogP contribution < -0.4 is 4.90 Å². The minimum atomic E-state index is -0.936. The molecule has 1 atom stereocenters. The van der Waals surface area contributed by atoms with E-state index in [1.165, 1.54) is 0 Å². The van der Waals surface area contributed by atoms with Gasteiger partial charge in [0.05, 0.1) is 13.2 Å². The Morgan fingerprint density at radius 1 is 1.38 bits per heavy atom. The minimum Gasteiger partial charge on any atom is -0.478 e. The fourth-order valence-electron chi connectivity index (χ4n) is 3.02. The predicted octanol–water partition coefficient (Wildman–Crippen LogP) is 1.45. The number of rotatable bonds is 3. The number of anilines is 1. The van der Waals surface area contributed by atoms with E-state index < -0.39 is 5.97 Å². The van der Waals surface area contributed by atoms with Gasteiger partial charge >= 0.3 is 5.97 Å². The van der Waals surface area contributed by atoms with E-state index in [2.05, 4.69) is 30.7 Å². The number of hydrogen-bond donors (Lipinski definition) is 1. The summed E-state index contributed by atoms with van der Waals surface area (Å²) in [4.78, 5) is 20.2. The van der Waals surface area contributed by atoms with E-state index in [9.17, 15) is 9.90 Å². The molecule has 1 aromatic rings. The van der Waals surface area contributed by atoms with Gasteiger partial charge in [-0.3, -0.25) is 4.90 Å². The van der Waals surface area contributed by atoms with Crippen molar-refractivity contribution in [1.82, 2.24) is 9.88 Å². The van der Waals surface area contributed by atoms with Gasteiger partial charge in [-0.05, 0) is 28.4 Å². The first-order valence-corrected chi connectivity index (χ1v) is 7.90. The van der Waals surface area contributed by atoms with Crippen LogP contribution in [0.25, 0.3) is 0 Å². The van der Waals surface area contributed by atoms with E-state index in [4.69, 9.17) is 4.74 Å². The highest BCUT2D eigenvalue weighted by molar-refractivity contribution is 9.10. The van der Waals surface area contributed by atoms with Gasteiger partial charge in [-0.1, -0.05) is 0 Å². The van der Waals surface area contributed by atoms with Crippen LogP contribution in [0, 0.1) is 0 Å². The second-order valence-electron chi connectivity index (χ2n) is 5.37. The number of ether oxygens (including phenoxy) is 1. The predicted molar refractivity (Wildman–Crippen MR) is 81.9 cm³/mol. The van der Waals surface area contributed by atoms with Crippen molar-refractivity contribution in [2.24, 2.45) is 0 Å². The Labute approximate surface area is 131 Å². The number of carboxylic acids is 1. The fourth-order valence-corrected chi connectivity index (χ4v) is 3.35. The van der Waals surface area contributed by atoms with Crippen molar-refractivity contribution >= 4 is 27.7 Å². The van der Waals surface area contributed by atoms with Crippen molar-refractivity contribution in [3.63, 3.8) is 0 Å². The van der Waals surface area contributed by atoms with Crippen molar-refractivity contribution in [3.05, 3.63) is 22.3 Å². The molecular weight excluding hydrogens is 338 g/mol. The minimum absolute atomic E-state index is 0.256. The van der Waals surface area contributed by atoms with Gasteiger partial charge in [0, 0.05) is 42.9 Å². The summed E-state index contributed by atoms with van der Waals surface area (Å²) in [6, 6.07) is 2.08. The van der Waals surface area contributed by atoms with E-state index in [1.807, 2.05) is 0 Å². The Hall–Kier alpha value is -1.18. The number of aromatic nitrogens is 1. The van der Waals surface area contributed by atoms with E-state index in [0.29, 0.717) is 16.3 Å². The smallest absolute Gasteiger partial charge is 0.339 e. The third-order valence-electron chi connectivity index (χ3n) is 4.09. The van der Waals surface area contributed by atoms with E-state index in [0.717, 1.165) is 45.8 Å². The second-order valence-corrected chi connectivity index (χ2v) is 6.28. The standard InChI is InChI=1S/C14H18BrN3O3/c15-10-7-12(14(19)20)13(16-8-10)18-2-1-11(9-18)17-3-5-21-6-4-17/h7-8,11H,1-6,9H2,(H,19,20). The first-order chi connectivity index (χ1) is 10.1. The number of hydrogen-bond acceptors (Lipinski definition) is 5. The second kappa shape index (κ2) is 6.29. The molecule has 0 saturated carbocycles. The molecule has 6 nitrogen and oxygen atoms in total. The zero-order valence-corrected chi connectivity index (χ0v) is 13.3. The van der Waals surface area contributed by atoms with Gasteiger partial charge in [-0.15, -0.1) is 0 Å². The number of morpholine rings is 1. The number of pyridine rings is 1. The van der Waals surface area contributed by atoms with Gasteiger partial charge in [-0.25, -0.2) is 9.78 Å². The highest BCUT2D eigenvalue weighted by atomic mass is 79.9. The molecule has 1 aromatic heterocycles. The Morgan fingerprint density at radius 3 is 2.86 bits per heavy atom. The summed E-state index contributed by atoms with van der Waals surface area (Å²) in [7, 11) is 0. The summed E-state index contributed by atoms with van der Waals surface area (Å²) >= 11 is 3.28. The van der Waals surface area contributed by atoms with E-state index >= 15 is 0 Å². The molecule has 21 heavy (non-hydrogen) atoms. The average Bonchev–Trinajstić information content (AvgIpc) is 2.97. The lowest BCUT2D eigenvalue weighted by Crippen LogP contribution is -2.44. The number of halogens is 1. The number of aromatic carboxylic acids is 1. The lowest BCUT2D eigenvalue weighted by atomic mass is 10.2. The van der Waals surface area contributed by atoms with Gasteiger partial charge in [0.25, 0.3) is 0 Å². The topological polar surface area (TPSA) is 65.9 Å². The summed E-state index contributed by atoms with van der Waals surface area (Å²) in [5, 5.41) is 9.35. The maximum absolute atomic E-state index is 11.4. The molecule has 2 aliphatic heterocycles. The molecule has 7 heteroatoms. The van der Waals surface area contributed by atoms with Crippen LogP contribution >= 0.6 is 15.9 Å². The molecule has 114 valence electrons. The zero-order valence-electron chi connectivity index (χ0n) is 11.7. The molecule has 3 heterocycles. The lowest BCUT2D eigenvalue weighted by molar-refractivity contribution is 0.0209. The molecule has 0 radical (unpaired) electrons. The van der Waals surface area contributed by atoms with Gasteiger partial charge in [0.1, 0.15) is 11.4 Å². The third-order valence-corrected chi connectivity index (χ3v) is 4.52. The first-order valence-electron chi connectivity index (χ1n) is 7.11. The number of carboxylic acid groups (broad SMARTS) is 1. The first kappa shape index (κ1) is 14.7. The molecular formula is C14H18BrN3O3. The van der Waals surface area contributed by atoms with Crippen LogP contribution in [-0.2, 0) is 4.74 Å². The van der Waals surface area contributed by atoms with Gasteiger partial charge in [0.15, 0.2) is 0 Å². The van der Waals surface area contributed by atoms with E-state index in [-0.39, 0.29) is 5.56 Å². The quantitative estimate of drug-likeness (QED) is 0.885. The molecule has 2 saturated heterocycles. The van der Waals surface area contributed by atoms with Gasteiger partial charge in [0.2, 0.25) is 0 Å². The van der Waals surface area contributed by atoms with Crippen molar-refractivity contribution in [2.45, 2.75) is 12.5 Å². The number of nitrogens with zero attached hydrogens (tertiary/aromatic N) is 3. The molecule has 1 unspecified atom stereocenters. The molecule has 2 aliphatic rings. The Kier molecular flexibility index (Phi) is 4.42. The van der Waals surface area contributed by atoms with Crippen LogP contribution in [0.1, 0.15) is 16.8 Å². The van der Waals surface area contributed by atoms with Crippen LogP contribution in [0.15, 0.2) is 16.7 Å². The molecule has 1 N–H and O–H groups in total. The summed E-state index contributed by atoms with van der Waals surface area (Å²) < 4.78 is 6.07. The summed E-state index contributed by atoms with van der Waals surface area (Å²) in [5.74, 6) is -0.366.